The molecule has 0 aliphatic heterocycles. The Labute approximate surface area is 100 Å². The molecule has 0 fully saturated rings. The lowest BCUT2D eigenvalue weighted by molar-refractivity contribution is 0.879. The second kappa shape index (κ2) is 5.12. The molecule has 84 valence electrons. The van der Waals surface area contributed by atoms with Crippen LogP contribution in [0.25, 0.3) is 0 Å². The summed E-state index contributed by atoms with van der Waals surface area (Å²) in [5, 5.41) is 0.689. The Morgan fingerprint density at radius 3 is 2.69 bits per heavy atom. The highest BCUT2D eigenvalue weighted by molar-refractivity contribution is 7.15. The summed E-state index contributed by atoms with van der Waals surface area (Å²) < 4.78 is 0. The van der Waals surface area contributed by atoms with Crippen molar-refractivity contribution in [3.63, 3.8) is 0 Å². The van der Waals surface area contributed by atoms with E-state index in [2.05, 4.69) is 36.2 Å². The van der Waals surface area contributed by atoms with Gasteiger partial charge in [-0.1, -0.05) is 43.7 Å². The second-order valence-electron chi connectivity index (χ2n) is 3.83. The minimum absolute atomic E-state index is 0.689. The molecular formula is C13H16N2S. The van der Waals surface area contributed by atoms with Crippen molar-refractivity contribution in [2.24, 2.45) is 0 Å². The standard InChI is InChI=1S/C13H16N2S/c1-2-6-11-12(16-13(14)15-11)9-10-7-4-3-5-8-10/h3-5,7-8H,2,6,9H2,1H3,(H2,14,15). The van der Waals surface area contributed by atoms with Crippen LogP contribution in [0.3, 0.4) is 0 Å². The number of aromatic nitrogens is 1. The highest BCUT2D eigenvalue weighted by Crippen LogP contribution is 2.24. The fourth-order valence-electron chi connectivity index (χ4n) is 1.75. The van der Waals surface area contributed by atoms with E-state index in [0.717, 1.165) is 19.3 Å². The summed E-state index contributed by atoms with van der Waals surface area (Å²) in [7, 11) is 0. The third-order valence-electron chi connectivity index (χ3n) is 2.49. The van der Waals surface area contributed by atoms with E-state index in [1.165, 1.54) is 16.1 Å². The minimum atomic E-state index is 0.689. The molecule has 0 saturated carbocycles. The summed E-state index contributed by atoms with van der Waals surface area (Å²) in [5.74, 6) is 0. The van der Waals surface area contributed by atoms with E-state index in [9.17, 15) is 0 Å². The number of thiazole rings is 1. The SMILES string of the molecule is CCCc1nc(N)sc1Cc1ccccc1. The molecule has 0 atom stereocenters. The van der Waals surface area contributed by atoms with E-state index in [1.54, 1.807) is 11.3 Å². The second-order valence-corrected chi connectivity index (χ2v) is 4.95. The van der Waals surface area contributed by atoms with Gasteiger partial charge in [-0.2, -0.15) is 0 Å². The van der Waals surface area contributed by atoms with Crippen molar-refractivity contribution in [1.29, 1.82) is 0 Å². The quantitative estimate of drug-likeness (QED) is 0.878. The lowest BCUT2D eigenvalue weighted by Crippen LogP contribution is -1.92. The molecule has 1 aromatic carbocycles. The predicted molar refractivity (Wildman–Crippen MR) is 69.8 cm³/mol. The number of benzene rings is 1. The maximum absolute atomic E-state index is 5.77. The Hall–Kier alpha value is -1.35. The molecule has 1 heterocycles. The van der Waals surface area contributed by atoms with Crippen LogP contribution in [0.1, 0.15) is 29.5 Å². The van der Waals surface area contributed by atoms with Gasteiger partial charge in [-0.3, -0.25) is 0 Å². The zero-order valence-electron chi connectivity index (χ0n) is 9.44. The molecule has 0 spiro atoms. The number of anilines is 1. The summed E-state index contributed by atoms with van der Waals surface area (Å²) in [5.41, 5.74) is 8.27. The van der Waals surface area contributed by atoms with Gasteiger partial charge in [0.1, 0.15) is 0 Å². The lowest BCUT2D eigenvalue weighted by Gasteiger charge is -2.00. The van der Waals surface area contributed by atoms with Gasteiger partial charge >= 0.3 is 0 Å². The van der Waals surface area contributed by atoms with Gasteiger partial charge in [0.2, 0.25) is 0 Å². The van der Waals surface area contributed by atoms with Gasteiger partial charge in [-0.15, -0.1) is 11.3 Å². The van der Waals surface area contributed by atoms with Crippen molar-refractivity contribution in [2.75, 3.05) is 5.73 Å². The molecule has 1 aromatic heterocycles. The lowest BCUT2D eigenvalue weighted by atomic mass is 10.1. The van der Waals surface area contributed by atoms with Gasteiger partial charge in [-0.05, 0) is 12.0 Å². The van der Waals surface area contributed by atoms with E-state index in [4.69, 9.17) is 5.73 Å². The zero-order chi connectivity index (χ0) is 11.4. The van der Waals surface area contributed by atoms with Crippen LogP contribution in [0.15, 0.2) is 30.3 Å². The third kappa shape index (κ3) is 2.61. The fraction of sp³-hybridized carbons (Fsp3) is 0.308. The van der Waals surface area contributed by atoms with Crippen molar-refractivity contribution in [3.05, 3.63) is 46.5 Å². The number of nitrogens with two attached hydrogens (primary N) is 1. The Morgan fingerprint density at radius 2 is 2.00 bits per heavy atom. The Morgan fingerprint density at radius 1 is 1.25 bits per heavy atom. The average molecular weight is 232 g/mol. The first-order chi connectivity index (χ1) is 7.79. The van der Waals surface area contributed by atoms with E-state index in [-0.39, 0.29) is 0 Å². The molecule has 2 rings (SSSR count). The van der Waals surface area contributed by atoms with Crippen LogP contribution in [-0.4, -0.2) is 4.98 Å². The van der Waals surface area contributed by atoms with Gasteiger partial charge in [0.25, 0.3) is 0 Å². The van der Waals surface area contributed by atoms with Crippen LogP contribution in [0, 0.1) is 0 Å². The maximum atomic E-state index is 5.77. The van der Waals surface area contributed by atoms with Gasteiger partial charge in [0.15, 0.2) is 5.13 Å². The highest BCUT2D eigenvalue weighted by Gasteiger charge is 2.09. The Bertz CT molecular complexity index is 448. The Kier molecular flexibility index (Phi) is 3.57. The van der Waals surface area contributed by atoms with E-state index >= 15 is 0 Å². The third-order valence-corrected chi connectivity index (χ3v) is 3.42. The van der Waals surface area contributed by atoms with Crippen molar-refractivity contribution >= 4 is 16.5 Å². The van der Waals surface area contributed by atoms with Crippen molar-refractivity contribution in [1.82, 2.24) is 4.98 Å². The summed E-state index contributed by atoms with van der Waals surface area (Å²) >= 11 is 1.62. The molecule has 0 bridgehead atoms. The summed E-state index contributed by atoms with van der Waals surface area (Å²) in [4.78, 5) is 5.70. The summed E-state index contributed by atoms with van der Waals surface area (Å²) in [6, 6.07) is 10.5. The van der Waals surface area contributed by atoms with E-state index < -0.39 is 0 Å². The molecule has 16 heavy (non-hydrogen) atoms. The number of hydrogen-bond donors (Lipinski definition) is 1. The number of aryl methyl sites for hydroxylation is 1. The molecule has 0 aliphatic rings. The summed E-state index contributed by atoms with van der Waals surface area (Å²) in [6.45, 7) is 2.17. The van der Waals surface area contributed by atoms with Crippen molar-refractivity contribution in [3.8, 4) is 0 Å². The van der Waals surface area contributed by atoms with Crippen LogP contribution in [0.2, 0.25) is 0 Å². The van der Waals surface area contributed by atoms with Crippen molar-refractivity contribution in [2.45, 2.75) is 26.2 Å². The highest BCUT2D eigenvalue weighted by atomic mass is 32.1. The monoisotopic (exact) mass is 232 g/mol. The number of hydrogen-bond acceptors (Lipinski definition) is 3. The molecular weight excluding hydrogens is 216 g/mol. The van der Waals surface area contributed by atoms with Crippen LogP contribution in [-0.2, 0) is 12.8 Å². The number of rotatable bonds is 4. The van der Waals surface area contributed by atoms with Gasteiger partial charge in [-0.25, -0.2) is 4.98 Å². The van der Waals surface area contributed by atoms with Crippen LogP contribution in [0.5, 0.6) is 0 Å². The first-order valence-corrected chi connectivity index (χ1v) is 6.39. The van der Waals surface area contributed by atoms with Gasteiger partial charge in [0, 0.05) is 11.3 Å². The molecule has 0 aliphatic carbocycles. The van der Waals surface area contributed by atoms with Crippen LogP contribution >= 0.6 is 11.3 Å². The maximum Gasteiger partial charge on any atom is 0.180 e. The topological polar surface area (TPSA) is 38.9 Å². The molecule has 0 unspecified atom stereocenters. The van der Waals surface area contributed by atoms with Crippen LogP contribution < -0.4 is 5.73 Å². The van der Waals surface area contributed by atoms with Gasteiger partial charge < -0.3 is 5.73 Å². The smallest absolute Gasteiger partial charge is 0.180 e. The van der Waals surface area contributed by atoms with E-state index in [0.29, 0.717) is 5.13 Å². The first kappa shape index (κ1) is 11.1. The molecule has 0 radical (unpaired) electrons. The molecule has 2 N–H and O–H groups in total. The first-order valence-electron chi connectivity index (χ1n) is 5.57. The number of nitrogens with zero attached hydrogens (tertiary/aromatic N) is 1. The van der Waals surface area contributed by atoms with Crippen molar-refractivity contribution < 1.29 is 0 Å². The molecule has 3 heteroatoms. The van der Waals surface area contributed by atoms with Gasteiger partial charge in [0.05, 0.1) is 5.69 Å². The Balaban J connectivity index is 2.20. The normalized spacial score (nSPS) is 10.6. The van der Waals surface area contributed by atoms with E-state index in [1.807, 2.05) is 6.07 Å². The largest absolute Gasteiger partial charge is 0.375 e. The molecule has 0 amide bonds. The molecule has 2 aromatic rings. The molecule has 0 saturated heterocycles. The van der Waals surface area contributed by atoms with Crippen LogP contribution in [0.4, 0.5) is 5.13 Å². The summed E-state index contributed by atoms with van der Waals surface area (Å²) in [6.07, 6.45) is 3.09. The predicted octanol–water partition coefficient (Wildman–Crippen LogP) is 3.27. The molecule has 2 nitrogen and oxygen atoms in total. The average Bonchev–Trinajstić information content (AvgIpc) is 2.61. The number of nitrogen functional groups attached to an aromatic ring is 1. The zero-order valence-corrected chi connectivity index (χ0v) is 10.3. The fourth-order valence-corrected chi connectivity index (χ4v) is 2.67. The minimum Gasteiger partial charge on any atom is -0.375 e.